The van der Waals surface area contributed by atoms with Crippen molar-refractivity contribution in [1.29, 1.82) is 0 Å². The van der Waals surface area contributed by atoms with Gasteiger partial charge in [0, 0.05) is 4.88 Å². The summed E-state index contributed by atoms with van der Waals surface area (Å²) in [5, 5.41) is 0.847. The Labute approximate surface area is 70.2 Å². The standard InChI is InChI=1S/C7H10ClNS/c1-4(2)7-6(8)5(3)9-10-7/h4H,1-3H3. The highest BCUT2D eigenvalue weighted by molar-refractivity contribution is 7.06. The SMILES string of the molecule is Cc1nsc(C(C)C)c1Cl. The van der Waals surface area contributed by atoms with Crippen LogP contribution in [0.25, 0.3) is 0 Å². The number of aromatic nitrogens is 1. The van der Waals surface area contributed by atoms with Crippen molar-refractivity contribution < 1.29 is 0 Å². The number of hydrogen-bond donors (Lipinski definition) is 0. The van der Waals surface area contributed by atoms with E-state index in [1.165, 1.54) is 16.4 Å². The molecule has 1 heterocycles. The second kappa shape index (κ2) is 2.89. The van der Waals surface area contributed by atoms with Crippen LogP contribution in [0.3, 0.4) is 0 Å². The lowest BCUT2D eigenvalue weighted by Gasteiger charge is -1.98. The summed E-state index contributed by atoms with van der Waals surface area (Å²) in [7, 11) is 0. The third-order valence-electron chi connectivity index (χ3n) is 1.34. The lowest BCUT2D eigenvalue weighted by atomic mass is 10.2. The summed E-state index contributed by atoms with van der Waals surface area (Å²) >= 11 is 7.45. The fourth-order valence-corrected chi connectivity index (χ4v) is 1.91. The normalized spacial score (nSPS) is 10.9. The van der Waals surface area contributed by atoms with Crippen LogP contribution in [0, 0.1) is 6.92 Å². The lowest BCUT2D eigenvalue weighted by molar-refractivity contribution is 0.889. The Kier molecular flexibility index (Phi) is 2.32. The highest BCUT2D eigenvalue weighted by Crippen LogP contribution is 2.30. The molecule has 0 radical (unpaired) electrons. The predicted octanol–water partition coefficient (Wildman–Crippen LogP) is 3.23. The Morgan fingerprint density at radius 3 is 2.30 bits per heavy atom. The maximum absolute atomic E-state index is 5.95. The summed E-state index contributed by atoms with van der Waals surface area (Å²) < 4.78 is 4.15. The monoisotopic (exact) mass is 175 g/mol. The molecule has 0 aliphatic rings. The van der Waals surface area contributed by atoms with Crippen LogP contribution in [0.2, 0.25) is 5.02 Å². The molecular weight excluding hydrogens is 166 g/mol. The third kappa shape index (κ3) is 1.32. The maximum Gasteiger partial charge on any atom is 0.0777 e. The highest BCUT2D eigenvalue weighted by atomic mass is 35.5. The molecule has 0 fully saturated rings. The van der Waals surface area contributed by atoms with E-state index in [4.69, 9.17) is 11.6 Å². The quantitative estimate of drug-likeness (QED) is 0.639. The summed E-state index contributed by atoms with van der Waals surface area (Å²) in [6.45, 7) is 6.18. The molecule has 0 aliphatic heterocycles. The van der Waals surface area contributed by atoms with E-state index in [0.717, 1.165) is 10.7 Å². The first-order valence-electron chi connectivity index (χ1n) is 3.24. The Hall–Kier alpha value is -0.0800. The molecule has 10 heavy (non-hydrogen) atoms. The van der Waals surface area contributed by atoms with Crippen LogP contribution >= 0.6 is 23.1 Å². The van der Waals surface area contributed by atoms with E-state index in [1.54, 1.807) is 0 Å². The summed E-state index contributed by atoms with van der Waals surface area (Å²) in [5.41, 5.74) is 0.954. The second-order valence-electron chi connectivity index (χ2n) is 2.60. The van der Waals surface area contributed by atoms with Crippen molar-refractivity contribution >= 4 is 23.1 Å². The van der Waals surface area contributed by atoms with Crippen LogP contribution in [0.15, 0.2) is 0 Å². The summed E-state index contributed by atoms with van der Waals surface area (Å²) in [5.74, 6) is 0.499. The fraction of sp³-hybridized carbons (Fsp3) is 0.571. The molecule has 0 saturated carbocycles. The van der Waals surface area contributed by atoms with E-state index in [0.29, 0.717) is 5.92 Å². The molecule has 3 heteroatoms. The van der Waals surface area contributed by atoms with E-state index in [1.807, 2.05) is 6.92 Å². The van der Waals surface area contributed by atoms with Gasteiger partial charge in [-0.15, -0.1) is 0 Å². The van der Waals surface area contributed by atoms with Gasteiger partial charge in [0.25, 0.3) is 0 Å². The fourth-order valence-electron chi connectivity index (χ4n) is 0.735. The van der Waals surface area contributed by atoms with Crippen molar-refractivity contribution in [2.75, 3.05) is 0 Å². The van der Waals surface area contributed by atoms with Gasteiger partial charge in [-0.3, -0.25) is 0 Å². The van der Waals surface area contributed by atoms with Crippen molar-refractivity contribution in [2.24, 2.45) is 0 Å². The Morgan fingerprint density at radius 1 is 1.50 bits per heavy atom. The molecule has 0 aromatic carbocycles. The van der Waals surface area contributed by atoms with Gasteiger partial charge in [0.1, 0.15) is 0 Å². The van der Waals surface area contributed by atoms with Crippen LogP contribution in [0.4, 0.5) is 0 Å². The zero-order chi connectivity index (χ0) is 7.72. The Bertz CT molecular complexity index is 230. The number of aryl methyl sites for hydroxylation is 1. The third-order valence-corrected chi connectivity index (χ3v) is 3.17. The first kappa shape index (κ1) is 8.02. The number of nitrogens with zero attached hydrogens (tertiary/aromatic N) is 1. The van der Waals surface area contributed by atoms with E-state index in [2.05, 4.69) is 18.2 Å². The maximum atomic E-state index is 5.95. The zero-order valence-electron chi connectivity index (χ0n) is 6.31. The van der Waals surface area contributed by atoms with Crippen molar-refractivity contribution in [1.82, 2.24) is 4.37 Å². The number of hydrogen-bond acceptors (Lipinski definition) is 2. The summed E-state index contributed by atoms with van der Waals surface area (Å²) in [4.78, 5) is 1.19. The number of halogens is 1. The van der Waals surface area contributed by atoms with Gasteiger partial charge in [-0.1, -0.05) is 25.4 Å². The average molecular weight is 176 g/mol. The molecule has 1 nitrogen and oxygen atoms in total. The first-order valence-corrected chi connectivity index (χ1v) is 4.39. The van der Waals surface area contributed by atoms with E-state index < -0.39 is 0 Å². The molecule has 0 unspecified atom stereocenters. The predicted molar refractivity (Wildman–Crippen MR) is 46.0 cm³/mol. The molecule has 0 atom stereocenters. The zero-order valence-corrected chi connectivity index (χ0v) is 7.88. The van der Waals surface area contributed by atoms with Gasteiger partial charge in [-0.2, -0.15) is 4.37 Å². The van der Waals surface area contributed by atoms with Gasteiger partial charge in [0.15, 0.2) is 0 Å². The minimum atomic E-state index is 0.499. The van der Waals surface area contributed by atoms with Crippen LogP contribution in [-0.2, 0) is 0 Å². The first-order chi connectivity index (χ1) is 4.63. The largest absolute Gasteiger partial charge is 0.196 e. The Balaban J connectivity index is 3.05. The van der Waals surface area contributed by atoms with E-state index in [9.17, 15) is 0 Å². The van der Waals surface area contributed by atoms with E-state index >= 15 is 0 Å². The topological polar surface area (TPSA) is 12.9 Å². The molecule has 0 bridgehead atoms. The molecule has 1 rings (SSSR count). The molecule has 0 saturated heterocycles. The van der Waals surface area contributed by atoms with E-state index in [-0.39, 0.29) is 0 Å². The lowest BCUT2D eigenvalue weighted by Crippen LogP contribution is -1.81. The van der Waals surface area contributed by atoms with Crippen molar-refractivity contribution in [3.8, 4) is 0 Å². The summed E-state index contributed by atoms with van der Waals surface area (Å²) in [6, 6.07) is 0. The number of rotatable bonds is 1. The van der Waals surface area contributed by atoms with Crippen LogP contribution < -0.4 is 0 Å². The second-order valence-corrected chi connectivity index (χ2v) is 3.78. The van der Waals surface area contributed by atoms with Gasteiger partial charge >= 0.3 is 0 Å². The van der Waals surface area contributed by atoms with Crippen molar-refractivity contribution in [3.05, 3.63) is 15.6 Å². The van der Waals surface area contributed by atoms with Crippen molar-refractivity contribution in [2.45, 2.75) is 26.7 Å². The van der Waals surface area contributed by atoms with Gasteiger partial charge in [0.2, 0.25) is 0 Å². The minimum Gasteiger partial charge on any atom is -0.196 e. The average Bonchev–Trinajstić information content (AvgIpc) is 2.14. The van der Waals surface area contributed by atoms with Crippen LogP contribution in [0.1, 0.15) is 30.3 Å². The molecule has 1 aromatic rings. The molecule has 0 N–H and O–H groups in total. The highest BCUT2D eigenvalue weighted by Gasteiger charge is 2.10. The Morgan fingerprint density at radius 2 is 2.10 bits per heavy atom. The molecule has 0 amide bonds. The smallest absolute Gasteiger partial charge is 0.0777 e. The molecular formula is C7H10ClNS. The molecule has 56 valence electrons. The molecule has 1 aromatic heterocycles. The van der Waals surface area contributed by atoms with Crippen LogP contribution in [0.5, 0.6) is 0 Å². The van der Waals surface area contributed by atoms with Gasteiger partial charge < -0.3 is 0 Å². The van der Waals surface area contributed by atoms with Gasteiger partial charge in [-0.05, 0) is 24.4 Å². The van der Waals surface area contributed by atoms with Crippen molar-refractivity contribution in [3.63, 3.8) is 0 Å². The molecule has 0 aliphatic carbocycles. The minimum absolute atomic E-state index is 0.499. The van der Waals surface area contributed by atoms with Gasteiger partial charge in [0.05, 0.1) is 10.7 Å². The molecule has 0 spiro atoms. The van der Waals surface area contributed by atoms with Gasteiger partial charge in [-0.25, -0.2) is 0 Å². The summed E-state index contributed by atoms with van der Waals surface area (Å²) in [6.07, 6.45) is 0. The van der Waals surface area contributed by atoms with Crippen LogP contribution in [-0.4, -0.2) is 4.37 Å².